The number of hydrogen-bond acceptors (Lipinski definition) is 3. The highest BCUT2D eigenvalue weighted by atomic mass is 32.2. The Bertz CT molecular complexity index is 1260. The second kappa shape index (κ2) is 7.70. The number of thioether (sulfide) groups is 1. The minimum absolute atomic E-state index is 0.204. The molecule has 2 amide bonds. The molecule has 0 bridgehead atoms. The number of anilines is 1. The van der Waals surface area contributed by atoms with Crippen LogP contribution in [0.1, 0.15) is 35.3 Å². The standard InChI is InChI=1S/C26H22F2N2O2S/c1-25(2)16-30(23(31)18-6-5-7-20(28)14-18)26(33-25)21-8-3-4-9-22(21)29(24(26)32)15-17-10-12-19(27)13-11-17/h3-14H,15-16H2,1-2H3/t26-/m0/s1. The SMILES string of the molecule is CC1(C)CN(C(=O)c2cccc(F)c2)[C@@]2(S1)C(=O)N(Cc1ccc(F)cc1)c1ccccc12. The van der Waals surface area contributed by atoms with Crippen LogP contribution in [0.2, 0.25) is 0 Å². The third kappa shape index (κ3) is 3.51. The average Bonchev–Trinajstić information content (AvgIpc) is 3.21. The predicted molar refractivity (Wildman–Crippen MR) is 125 cm³/mol. The lowest BCUT2D eigenvalue weighted by atomic mass is 10.0. The number of amides is 2. The van der Waals surface area contributed by atoms with Gasteiger partial charge in [-0.05, 0) is 55.8 Å². The molecule has 2 heterocycles. The van der Waals surface area contributed by atoms with Crippen molar-refractivity contribution in [2.45, 2.75) is 30.0 Å². The molecule has 0 aliphatic carbocycles. The summed E-state index contributed by atoms with van der Waals surface area (Å²) in [5.41, 5.74) is 2.43. The van der Waals surface area contributed by atoms with Crippen molar-refractivity contribution in [1.29, 1.82) is 0 Å². The van der Waals surface area contributed by atoms with Crippen LogP contribution < -0.4 is 4.90 Å². The van der Waals surface area contributed by atoms with E-state index in [1.54, 1.807) is 28.0 Å². The van der Waals surface area contributed by atoms with Crippen LogP contribution in [0.3, 0.4) is 0 Å². The van der Waals surface area contributed by atoms with E-state index in [4.69, 9.17) is 0 Å². The summed E-state index contributed by atoms with van der Waals surface area (Å²) < 4.78 is 26.9. The Morgan fingerprint density at radius 2 is 1.70 bits per heavy atom. The number of fused-ring (bicyclic) bond motifs is 2. The molecule has 7 heteroatoms. The van der Waals surface area contributed by atoms with Crippen LogP contribution in [0.25, 0.3) is 0 Å². The van der Waals surface area contributed by atoms with E-state index in [0.717, 1.165) is 11.1 Å². The van der Waals surface area contributed by atoms with Crippen LogP contribution in [0.5, 0.6) is 0 Å². The highest BCUT2D eigenvalue weighted by Gasteiger charge is 2.63. The van der Waals surface area contributed by atoms with Crippen molar-refractivity contribution in [2.75, 3.05) is 11.4 Å². The van der Waals surface area contributed by atoms with Gasteiger partial charge in [-0.25, -0.2) is 8.78 Å². The Hall–Kier alpha value is -3.19. The Kier molecular flexibility index (Phi) is 5.05. The minimum atomic E-state index is -1.26. The molecule has 5 rings (SSSR count). The fourth-order valence-electron chi connectivity index (χ4n) is 4.66. The maximum Gasteiger partial charge on any atom is 0.268 e. The van der Waals surface area contributed by atoms with Crippen molar-refractivity contribution in [2.24, 2.45) is 0 Å². The van der Waals surface area contributed by atoms with Gasteiger partial charge in [-0.1, -0.05) is 36.4 Å². The van der Waals surface area contributed by atoms with E-state index in [1.165, 1.54) is 42.1 Å². The molecule has 0 N–H and O–H groups in total. The average molecular weight is 465 g/mol. The number of nitrogens with zero attached hydrogens (tertiary/aromatic N) is 2. The number of carbonyl (C=O) groups is 2. The lowest BCUT2D eigenvalue weighted by Crippen LogP contribution is -2.50. The second-order valence-electron chi connectivity index (χ2n) is 8.94. The van der Waals surface area contributed by atoms with E-state index < -0.39 is 15.4 Å². The third-order valence-electron chi connectivity index (χ3n) is 6.01. The van der Waals surface area contributed by atoms with E-state index in [-0.39, 0.29) is 29.7 Å². The molecule has 4 nitrogen and oxygen atoms in total. The first-order chi connectivity index (χ1) is 15.7. The zero-order valence-electron chi connectivity index (χ0n) is 18.2. The number of para-hydroxylation sites is 1. The van der Waals surface area contributed by atoms with Gasteiger partial charge in [-0.2, -0.15) is 0 Å². The highest BCUT2D eigenvalue weighted by molar-refractivity contribution is 8.02. The molecule has 3 aromatic rings. The summed E-state index contributed by atoms with van der Waals surface area (Å²) in [6.07, 6.45) is 0. The van der Waals surface area contributed by atoms with E-state index in [1.807, 2.05) is 38.1 Å². The fourth-order valence-corrected chi connectivity index (χ4v) is 6.39. The van der Waals surface area contributed by atoms with Crippen molar-refractivity contribution in [3.05, 3.63) is 101 Å². The summed E-state index contributed by atoms with van der Waals surface area (Å²) in [4.78, 5) is 29.7. The number of carbonyl (C=O) groups excluding carboxylic acids is 2. The van der Waals surface area contributed by atoms with Crippen LogP contribution in [-0.2, 0) is 16.2 Å². The molecule has 0 unspecified atom stereocenters. The van der Waals surface area contributed by atoms with Crippen LogP contribution >= 0.6 is 11.8 Å². The van der Waals surface area contributed by atoms with Gasteiger partial charge in [0.15, 0.2) is 4.87 Å². The summed E-state index contributed by atoms with van der Waals surface area (Å²) in [6, 6.07) is 19.0. The van der Waals surface area contributed by atoms with Crippen LogP contribution in [0.4, 0.5) is 14.5 Å². The summed E-state index contributed by atoms with van der Waals surface area (Å²) in [5, 5.41) is 0. The molecule has 0 aromatic heterocycles. The third-order valence-corrected chi connectivity index (χ3v) is 7.60. The monoisotopic (exact) mass is 464 g/mol. The molecule has 0 radical (unpaired) electrons. The van der Waals surface area contributed by atoms with Gasteiger partial charge in [0, 0.05) is 22.4 Å². The number of benzene rings is 3. The summed E-state index contributed by atoms with van der Waals surface area (Å²) in [5.74, 6) is -1.46. The van der Waals surface area contributed by atoms with Gasteiger partial charge in [0.05, 0.1) is 12.2 Å². The van der Waals surface area contributed by atoms with Crippen LogP contribution in [0, 0.1) is 11.6 Å². The molecule has 1 spiro atoms. The molecular weight excluding hydrogens is 442 g/mol. The lowest BCUT2D eigenvalue weighted by molar-refractivity contribution is -0.123. The number of halogens is 2. The van der Waals surface area contributed by atoms with Gasteiger partial charge >= 0.3 is 0 Å². The molecule has 1 fully saturated rings. The number of hydrogen-bond donors (Lipinski definition) is 0. The molecule has 1 atom stereocenters. The van der Waals surface area contributed by atoms with Crippen molar-refractivity contribution < 1.29 is 18.4 Å². The van der Waals surface area contributed by atoms with Gasteiger partial charge < -0.3 is 9.80 Å². The zero-order valence-corrected chi connectivity index (χ0v) is 19.0. The van der Waals surface area contributed by atoms with Gasteiger partial charge in [0.25, 0.3) is 11.8 Å². The topological polar surface area (TPSA) is 40.6 Å². The molecule has 1 saturated heterocycles. The van der Waals surface area contributed by atoms with E-state index in [0.29, 0.717) is 12.2 Å². The summed E-state index contributed by atoms with van der Waals surface area (Å²) >= 11 is 1.44. The summed E-state index contributed by atoms with van der Waals surface area (Å²) in [6.45, 7) is 4.58. The van der Waals surface area contributed by atoms with Gasteiger partial charge in [-0.3, -0.25) is 9.59 Å². The normalized spacial score (nSPS) is 21.0. The van der Waals surface area contributed by atoms with E-state index >= 15 is 0 Å². The first-order valence-corrected chi connectivity index (χ1v) is 11.5. The molecule has 2 aliphatic rings. The molecule has 3 aromatic carbocycles. The second-order valence-corrected chi connectivity index (χ2v) is 10.8. The van der Waals surface area contributed by atoms with Crippen molar-refractivity contribution in [1.82, 2.24) is 4.90 Å². The van der Waals surface area contributed by atoms with Gasteiger partial charge in [-0.15, -0.1) is 11.8 Å². The quantitative estimate of drug-likeness (QED) is 0.526. The molecular formula is C26H22F2N2O2S. The maximum atomic E-state index is 14.1. The lowest BCUT2D eigenvalue weighted by Gasteiger charge is -2.33. The highest BCUT2D eigenvalue weighted by Crippen LogP contribution is 2.60. The van der Waals surface area contributed by atoms with Gasteiger partial charge in [0.2, 0.25) is 0 Å². The van der Waals surface area contributed by atoms with Gasteiger partial charge in [0.1, 0.15) is 11.6 Å². The van der Waals surface area contributed by atoms with E-state index in [2.05, 4.69) is 0 Å². The predicted octanol–water partition coefficient (Wildman–Crippen LogP) is 5.33. The number of rotatable bonds is 3. The Labute approximate surface area is 195 Å². The van der Waals surface area contributed by atoms with Crippen molar-refractivity contribution >= 4 is 29.3 Å². The fraction of sp³-hybridized carbons (Fsp3) is 0.231. The van der Waals surface area contributed by atoms with E-state index in [9.17, 15) is 18.4 Å². The zero-order chi connectivity index (χ0) is 23.4. The first-order valence-electron chi connectivity index (χ1n) is 10.6. The smallest absolute Gasteiger partial charge is 0.268 e. The Morgan fingerprint density at radius 1 is 0.970 bits per heavy atom. The maximum absolute atomic E-state index is 14.1. The minimum Gasteiger partial charge on any atom is -0.310 e. The Morgan fingerprint density at radius 3 is 2.42 bits per heavy atom. The molecule has 168 valence electrons. The van der Waals surface area contributed by atoms with Crippen molar-refractivity contribution in [3.8, 4) is 0 Å². The first kappa shape index (κ1) is 21.6. The van der Waals surface area contributed by atoms with Crippen LogP contribution in [0.15, 0.2) is 72.8 Å². The Balaban J connectivity index is 1.62. The van der Waals surface area contributed by atoms with Crippen molar-refractivity contribution in [3.63, 3.8) is 0 Å². The molecule has 33 heavy (non-hydrogen) atoms. The molecule has 2 aliphatic heterocycles. The largest absolute Gasteiger partial charge is 0.310 e. The molecule has 0 saturated carbocycles. The summed E-state index contributed by atoms with van der Waals surface area (Å²) in [7, 11) is 0. The van der Waals surface area contributed by atoms with Crippen LogP contribution in [-0.4, -0.2) is 28.0 Å².